The smallest absolute Gasteiger partial charge is 0.290 e. The Kier molecular flexibility index (Phi) is 5.71. The Balaban J connectivity index is 1.45. The van der Waals surface area contributed by atoms with Gasteiger partial charge in [0.05, 0.1) is 17.7 Å². The molecule has 156 valence electrons. The van der Waals surface area contributed by atoms with Gasteiger partial charge in [-0.25, -0.2) is 4.68 Å². The first kappa shape index (κ1) is 20.0. The monoisotopic (exact) mass is 425 g/mol. The SMILES string of the molecule is COc1ccccc1N1CCN(C(=O)Cn2nc(-c3cccs3)cc(N)c2=O)CC1. The van der Waals surface area contributed by atoms with Crippen LogP contribution in [0.4, 0.5) is 11.4 Å². The van der Waals surface area contributed by atoms with Gasteiger partial charge in [0.2, 0.25) is 5.91 Å². The maximum Gasteiger partial charge on any atom is 0.290 e. The van der Waals surface area contributed by atoms with Gasteiger partial charge < -0.3 is 20.3 Å². The molecule has 1 aliphatic rings. The van der Waals surface area contributed by atoms with E-state index in [4.69, 9.17) is 10.5 Å². The number of methoxy groups -OCH3 is 1. The van der Waals surface area contributed by atoms with Crippen LogP contribution in [0.5, 0.6) is 5.75 Å². The van der Waals surface area contributed by atoms with Crippen molar-refractivity contribution >= 4 is 28.6 Å². The Bertz CT molecular complexity index is 1090. The lowest BCUT2D eigenvalue weighted by Gasteiger charge is -2.36. The van der Waals surface area contributed by atoms with Crippen LogP contribution in [-0.4, -0.2) is 53.9 Å². The average Bonchev–Trinajstić information content (AvgIpc) is 3.32. The maximum absolute atomic E-state index is 12.8. The molecule has 8 nitrogen and oxygen atoms in total. The zero-order chi connectivity index (χ0) is 21.1. The van der Waals surface area contributed by atoms with Crippen molar-refractivity contribution in [2.75, 3.05) is 43.9 Å². The van der Waals surface area contributed by atoms with E-state index in [9.17, 15) is 9.59 Å². The number of ether oxygens (including phenoxy) is 1. The highest BCUT2D eigenvalue weighted by Crippen LogP contribution is 2.28. The van der Waals surface area contributed by atoms with Gasteiger partial charge in [0.15, 0.2) is 0 Å². The van der Waals surface area contributed by atoms with Crippen LogP contribution in [-0.2, 0) is 11.3 Å². The lowest BCUT2D eigenvalue weighted by atomic mass is 10.2. The highest BCUT2D eigenvalue weighted by Gasteiger charge is 2.24. The summed E-state index contributed by atoms with van der Waals surface area (Å²) in [6.45, 7) is 2.37. The number of nitrogens with two attached hydrogens (primary N) is 1. The number of rotatable bonds is 5. The standard InChI is InChI=1S/C21H23N5O3S/c1-29-18-6-3-2-5-17(18)24-8-10-25(11-9-24)20(27)14-26-21(28)15(22)13-16(23-26)19-7-4-12-30-19/h2-7,12-13H,8-11,14,22H2,1H3. The number of carbonyl (C=O) groups excluding carboxylic acids is 1. The molecule has 0 radical (unpaired) electrons. The van der Waals surface area contributed by atoms with Crippen molar-refractivity contribution in [1.82, 2.24) is 14.7 Å². The van der Waals surface area contributed by atoms with E-state index in [0.29, 0.717) is 31.9 Å². The van der Waals surface area contributed by atoms with Crippen LogP contribution in [0, 0.1) is 0 Å². The minimum Gasteiger partial charge on any atom is -0.495 e. The molecule has 1 fully saturated rings. The fourth-order valence-corrected chi connectivity index (χ4v) is 4.21. The second-order valence-electron chi connectivity index (χ2n) is 6.96. The summed E-state index contributed by atoms with van der Waals surface area (Å²) in [6, 6.07) is 13.2. The largest absolute Gasteiger partial charge is 0.495 e. The minimum absolute atomic E-state index is 0.0854. The molecule has 0 unspecified atom stereocenters. The van der Waals surface area contributed by atoms with Crippen LogP contribution in [0.3, 0.4) is 0 Å². The topological polar surface area (TPSA) is 93.7 Å². The predicted octanol–water partition coefficient (Wildman–Crippen LogP) is 1.91. The number of nitrogens with zero attached hydrogens (tertiary/aromatic N) is 4. The molecular formula is C21H23N5O3S. The Morgan fingerprint density at radius 1 is 1.17 bits per heavy atom. The van der Waals surface area contributed by atoms with E-state index in [0.717, 1.165) is 16.3 Å². The normalized spacial score (nSPS) is 14.0. The molecular weight excluding hydrogens is 402 g/mol. The van der Waals surface area contributed by atoms with Gasteiger partial charge in [0.25, 0.3) is 5.56 Å². The maximum atomic E-state index is 12.8. The van der Waals surface area contributed by atoms with Gasteiger partial charge >= 0.3 is 0 Å². The van der Waals surface area contributed by atoms with E-state index < -0.39 is 5.56 Å². The Hall–Kier alpha value is -3.33. The van der Waals surface area contributed by atoms with Crippen LogP contribution in [0.15, 0.2) is 52.6 Å². The molecule has 0 bridgehead atoms. The molecule has 0 saturated carbocycles. The van der Waals surface area contributed by atoms with Crippen molar-refractivity contribution < 1.29 is 9.53 Å². The second kappa shape index (κ2) is 8.58. The van der Waals surface area contributed by atoms with E-state index in [-0.39, 0.29) is 18.1 Å². The van der Waals surface area contributed by atoms with E-state index in [2.05, 4.69) is 10.00 Å². The first-order chi connectivity index (χ1) is 14.6. The van der Waals surface area contributed by atoms with E-state index in [1.807, 2.05) is 41.8 Å². The molecule has 0 atom stereocenters. The average molecular weight is 426 g/mol. The number of aromatic nitrogens is 2. The minimum atomic E-state index is -0.448. The van der Waals surface area contributed by atoms with Gasteiger partial charge in [-0.1, -0.05) is 18.2 Å². The van der Waals surface area contributed by atoms with E-state index >= 15 is 0 Å². The van der Waals surface area contributed by atoms with Crippen molar-refractivity contribution in [1.29, 1.82) is 0 Å². The fourth-order valence-electron chi connectivity index (χ4n) is 3.53. The number of carbonyl (C=O) groups is 1. The third-order valence-corrected chi connectivity index (χ3v) is 6.01. The number of anilines is 2. The summed E-state index contributed by atoms with van der Waals surface area (Å²) in [6.07, 6.45) is 0. The summed E-state index contributed by atoms with van der Waals surface area (Å²) >= 11 is 1.50. The molecule has 1 aromatic carbocycles. The van der Waals surface area contributed by atoms with Crippen molar-refractivity contribution in [3.63, 3.8) is 0 Å². The quantitative estimate of drug-likeness (QED) is 0.671. The lowest BCUT2D eigenvalue weighted by Crippen LogP contribution is -2.50. The molecule has 1 saturated heterocycles. The van der Waals surface area contributed by atoms with Crippen molar-refractivity contribution in [2.24, 2.45) is 0 Å². The van der Waals surface area contributed by atoms with Crippen LogP contribution in [0.2, 0.25) is 0 Å². The summed E-state index contributed by atoms with van der Waals surface area (Å²) in [5.74, 6) is 0.668. The van der Waals surface area contributed by atoms with Crippen molar-refractivity contribution in [3.8, 4) is 16.3 Å². The Morgan fingerprint density at radius 3 is 2.63 bits per heavy atom. The predicted molar refractivity (Wildman–Crippen MR) is 118 cm³/mol. The summed E-state index contributed by atoms with van der Waals surface area (Å²) in [5.41, 5.74) is 7.13. The summed E-state index contributed by atoms with van der Waals surface area (Å²) in [4.78, 5) is 30.1. The van der Waals surface area contributed by atoms with Gasteiger partial charge in [-0.3, -0.25) is 9.59 Å². The molecule has 3 heterocycles. The molecule has 9 heteroatoms. The fraction of sp³-hybridized carbons (Fsp3) is 0.286. The summed E-state index contributed by atoms with van der Waals surface area (Å²) in [5, 5.41) is 6.28. The molecule has 1 aliphatic heterocycles. The van der Waals surface area contributed by atoms with Gasteiger partial charge in [-0.2, -0.15) is 5.10 Å². The highest BCUT2D eigenvalue weighted by molar-refractivity contribution is 7.13. The van der Waals surface area contributed by atoms with Crippen molar-refractivity contribution in [2.45, 2.75) is 6.54 Å². The molecule has 30 heavy (non-hydrogen) atoms. The molecule has 3 aromatic rings. The Morgan fingerprint density at radius 2 is 1.93 bits per heavy atom. The number of benzene rings is 1. The molecule has 2 aromatic heterocycles. The van der Waals surface area contributed by atoms with Crippen LogP contribution in [0.25, 0.3) is 10.6 Å². The Labute approximate surface area is 178 Å². The molecule has 2 N–H and O–H groups in total. The first-order valence-electron chi connectivity index (χ1n) is 9.64. The number of thiophene rings is 1. The lowest BCUT2D eigenvalue weighted by molar-refractivity contribution is -0.132. The molecule has 1 amide bonds. The molecule has 0 aliphatic carbocycles. The highest BCUT2D eigenvalue weighted by atomic mass is 32.1. The van der Waals surface area contributed by atoms with Gasteiger partial charge in [-0.15, -0.1) is 11.3 Å². The third kappa shape index (κ3) is 4.02. The number of para-hydroxylation sites is 2. The number of piperazine rings is 1. The second-order valence-corrected chi connectivity index (χ2v) is 7.91. The van der Waals surface area contributed by atoms with Gasteiger partial charge in [0, 0.05) is 26.2 Å². The number of hydrogen-bond donors (Lipinski definition) is 1. The van der Waals surface area contributed by atoms with E-state index in [1.165, 1.54) is 16.0 Å². The van der Waals surface area contributed by atoms with E-state index in [1.54, 1.807) is 18.1 Å². The van der Waals surface area contributed by atoms with Crippen molar-refractivity contribution in [3.05, 3.63) is 58.2 Å². The summed E-state index contributed by atoms with van der Waals surface area (Å²) < 4.78 is 6.60. The van der Waals surface area contributed by atoms with Gasteiger partial charge in [0.1, 0.15) is 23.7 Å². The number of nitrogen functional groups attached to an aromatic ring is 1. The zero-order valence-corrected chi connectivity index (χ0v) is 17.5. The number of amides is 1. The number of hydrogen-bond acceptors (Lipinski definition) is 7. The molecule has 4 rings (SSSR count). The first-order valence-corrected chi connectivity index (χ1v) is 10.5. The zero-order valence-electron chi connectivity index (χ0n) is 16.7. The van der Waals surface area contributed by atoms with Crippen LogP contribution < -0.4 is 20.9 Å². The van der Waals surface area contributed by atoms with Gasteiger partial charge in [-0.05, 0) is 29.6 Å². The molecule has 0 spiro atoms. The van der Waals surface area contributed by atoms with Crippen LogP contribution in [0.1, 0.15) is 0 Å². The van der Waals surface area contributed by atoms with Crippen LogP contribution >= 0.6 is 11.3 Å². The summed E-state index contributed by atoms with van der Waals surface area (Å²) in [7, 11) is 1.65. The third-order valence-electron chi connectivity index (χ3n) is 5.12.